The van der Waals surface area contributed by atoms with Gasteiger partial charge >= 0.3 is 5.97 Å². The summed E-state index contributed by atoms with van der Waals surface area (Å²) in [6, 6.07) is 0. The van der Waals surface area contributed by atoms with E-state index >= 15 is 0 Å². The normalized spacial score (nSPS) is 30.3. The Morgan fingerprint density at radius 2 is 1.82 bits per heavy atom. The summed E-state index contributed by atoms with van der Waals surface area (Å²) in [6.07, 6.45) is 1.57. The van der Waals surface area contributed by atoms with Crippen molar-refractivity contribution in [3.05, 3.63) is 10.3 Å². The fraction of sp³-hybridized carbons (Fsp3) is 0.692. The number of nitrogens with zero attached hydrogens (tertiary/aromatic N) is 3. The van der Waals surface area contributed by atoms with E-state index < -0.39 is 11.8 Å². The first kappa shape index (κ1) is 15.7. The number of carbonyl (C=O) groups is 1. The summed E-state index contributed by atoms with van der Waals surface area (Å²) in [7, 11) is 0. The van der Waals surface area contributed by atoms with Crippen LogP contribution in [0.2, 0.25) is 0 Å². The summed E-state index contributed by atoms with van der Waals surface area (Å²) in [5.41, 5.74) is 0. The van der Waals surface area contributed by atoms with E-state index in [0.717, 1.165) is 10.3 Å². The third-order valence-electron chi connectivity index (χ3n) is 3.98. The van der Waals surface area contributed by atoms with Gasteiger partial charge in [-0.2, -0.15) is 0 Å². The monoisotopic (exact) mass is 374 g/mol. The molecule has 22 heavy (non-hydrogen) atoms. The Kier molecular flexibility index (Phi) is 4.67. The van der Waals surface area contributed by atoms with E-state index in [0.29, 0.717) is 52.6 Å². The standard InChI is InChI=1S/C13H19BrN4O4/c14-10-9-15-13(12(19)20,18-3-7-22-8-4-18)16-11(10)17-1-5-21-6-2-17/h9,16H,1-8H2,(H,19,20). The highest BCUT2D eigenvalue weighted by Gasteiger charge is 2.47. The number of carboxylic acids is 1. The molecule has 0 aromatic heterocycles. The van der Waals surface area contributed by atoms with Crippen LogP contribution in [0.4, 0.5) is 0 Å². The number of allylic oxidation sites excluding steroid dienone is 1. The quantitative estimate of drug-likeness (QED) is 0.696. The molecule has 2 saturated heterocycles. The van der Waals surface area contributed by atoms with Crippen molar-refractivity contribution < 1.29 is 19.4 Å². The van der Waals surface area contributed by atoms with E-state index in [2.05, 4.69) is 31.1 Å². The summed E-state index contributed by atoms with van der Waals surface area (Å²) in [4.78, 5) is 20.1. The first-order valence-electron chi connectivity index (χ1n) is 7.25. The molecule has 0 radical (unpaired) electrons. The van der Waals surface area contributed by atoms with Crippen molar-refractivity contribution in [2.75, 3.05) is 52.6 Å². The van der Waals surface area contributed by atoms with Crippen LogP contribution in [0, 0.1) is 0 Å². The zero-order valence-electron chi connectivity index (χ0n) is 12.1. The average Bonchev–Trinajstić information content (AvgIpc) is 2.57. The molecule has 3 aliphatic rings. The number of halogens is 1. The van der Waals surface area contributed by atoms with Gasteiger partial charge < -0.3 is 24.8 Å². The molecule has 3 heterocycles. The highest BCUT2D eigenvalue weighted by Crippen LogP contribution is 2.27. The summed E-state index contributed by atoms with van der Waals surface area (Å²) < 4.78 is 11.4. The fourth-order valence-electron chi connectivity index (χ4n) is 2.78. The summed E-state index contributed by atoms with van der Waals surface area (Å²) in [5, 5.41) is 12.9. The van der Waals surface area contributed by atoms with Crippen molar-refractivity contribution in [2.24, 2.45) is 4.99 Å². The van der Waals surface area contributed by atoms with Crippen LogP contribution in [0.3, 0.4) is 0 Å². The molecule has 1 unspecified atom stereocenters. The first-order chi connectivity index (χ1) is 10.6. The Morgan fingerprint density at radius 3 is 2.41 bits per heavy atom. The molecule has 0 amide bonds. The van der Waals surface area contributed by atoms with Crippen LogP contribution in [0.5, 0.6) is 0 Å². The zero-order valence-corrected chi connectivity index (χ0v) is 13.7. The third-order valence-corrected chi connectivity index (χ3v) is 4.56. The van der Waals surface area contributed by atoms with Crippen LogP contribution < -0.4 is 5.32 Å². The summed E-state index contributed by atoms with van der Waals surface area (Å²) in [5.74, 6) is -1.75. The molecule has 9 heteroatoms. The van der Waals surface area contributed by atoms with Crippen molar-refractivity contribution in [3.63, 3.8) is 0 Å². The van der Waals surface area contributed by atoms with Crippen LogP contribution >= 0.6 is 15.9 Å². The second kappa shape index (κ2) is 6.53. The van der Waals surface area contributed by atoms with Crippen molar-refractivity contribution >= 4 is 28.1 Å². The molecule has 0 aromatic rings. The molecule has 122 valence electrons. The van der Waals surface area contributed by atoms with Crippen molar-refractivity contribution in [2.45, 2.75) is 5.79 Å². The Morgan fingerprint density at radius 1 is 1.23 bits per heavy atom. The summed E-state index contributed by atoms with van der Waals surface area (Å²) >= 11 is 3.46. The molecule has 0 spiro atoms. The van der Waals surface area contributed by atoms with Crippen molar-refractivity contribution in [3.8, 4) is 0 Å². The minimum atomic E-state index is -1.48. The predicted octanol–water partition coefficient (Wildman–Crippen LogP) is -0.373. The van der Waals surface area contributed by atoms with Gasteiger partial charge in [0.05, 0.1) is 30.9 Å². The molecule has 8 nitrogen and oxygen atoms in total. The maximum Gasteiger partial charge on any atom is 0.369 e. The Hall–Kier alpha value is -1.16. The zero-order chi connectivity index (χ0) is 15.6. The van der Waals surface area contributed by atoms with E-state index in [4.69, 9.17) is 9.47 Å². The predicted molar refractivity (Wildman–Crippen MR) is 82.7 cm³/mol. The number of carboxylic acid groups (broad SMARTS) is 1. The van der Waals surface area contributed by atoms with Crippen molar-refractivity contribution in [1.82, 2.24) is 15.1 Å². The van der Waals surface area contributed by atoms with Gasteiger partial charge in [-0.25, -0.2) is 14.7 Å². The van der Waals surface area contributed by atoms with Gasteiger partial charge in [0.25, 0.3) is 5.79 Å². The highest BCUT2D eigenvalue weighted by atomic mass is 79.9. The van der Waals surface area contributed by atoms with E-state index in [1.165, 1.54) is 0 Å². The van der Waals surface area contributed by atoms with Gasteiger partial charge in [-0.15, -0.1) is 0 Å². The number of aliphatic imine (C=N–C) groups is 1. The first-order valence-corrected chi connectivity index (χ1v) is 8.05. The van der Waals surface area contributed by atoms with Gasteiger partial charge in [-0.05, 0) is 15.9 Å². The van der Waals surface area contributed by atoms with E-state index in [1.54, 1.807) is 11.1 Å². The molecule has 0 bridgehead atoms. The molecular formula is C13H19BrN4O4. The lowest BCUT2D eigenvalue weighted by molar-refractivity contribution is -0.157. The van der Waals surface area contributed by atoms with Crippen LogP contribution in [0.15, 0.2) is 15.3 Å². The lowest BCUT2D eigenvalue weighted by Gasteiger charge is -2.44. The molecule has 0 aliphatic carbocycles. The molecule has 1 atom stereocenters. The van der Waals surface area contributed by atoms with Gasteiger partial charge in [-0.3, -0.25) is 0 Å². The molecule has 2 fully saturated rings. The molecule has 0 aromatic carbocycles. The Labute approximate surface area is 136 Å². The lowest BCUT2D eigenvalue weighted by Crippen LogP contribution is -2.67. The topological polar surface area (TPSA) is 86.6 Å². The SMILES string of the molecule is O=C(O)C1(N2CCOCC2)N=CC(Br)=C(N2CCOCC2)N1. The third kappa shape index (κ3) is 2.85. The Bertz CT molecular complexity index is 500. The highest BCUT2D eigenvalue weighted by molar-refractivity contribution is 9.12. The lowest BCUT2D eigenvalue weighted by atomic mass is 10.2. The number of nitrogens with one attached hydrogen (secondary N) is 1. The molecule has 3 aliphatic heterocycles. The largest absolute Gasteiger partial charge is 0.477 e. The Balaban J connectivity index is 1.87. The van der Waals surface area contributed by atoms with Gasteiger partial charge in [0.2, 0.25) is 0 Å². The van der Waals surface area contributed by atoms with E-state index in [-0.39, 0.29) is 0 Å². The van der Waals surface area contributed by atoms with E-state index in [9.17, 15) is 9.90 Å². The van der Waals surface area contributed by atoms with Gasteiger partial charge in [0.1, 0.15) is 5.82 Å². The van der Waals surface area contributed by atoms with Crippen LogP contribution in [-0.4, -0.2) is 85.5 Å². The van der Waals surface area contributed by atoms with E-state index in [1.807, 2.05) is 0 Å². The van der Waals surface area contributed by atoms with Crippen molar-refractivity contribution in [1.29, 1.82) is 0 Å². The second-order valence-corrected chi connectivity index (χ2v) is 6.11. The number of hydrogen-bond acceptors (Lipinski definition) is 7. The number of morpholine rings is 2. The molecular weight excluding hydrogens is 356 g/mol. The molecule has 3 rings (SSSR count). The molecule has 2 N–H and O–H groups in total. The van der Waals surface area contributed by atoms with Gasteiger partial charge in [0.15, 0.2) is 0 Å². The summed E-state index contributed by atoms with van der Waals surface area (Å²) in [6.45, 7) is 4.72. The van der Waals surface area contributed by atoms with Crippen LogP contribution in [0.25, 0.3) is 0 Å². The minimum absolute atomic E-state index is 0.504. The number of hydrogen-bond donors (Lipinski definition) is 2. The fourth-order valence-corrected chi connectivity index (χ4v) is 3.23. The second-order valence-electron chi connectivity index (χ2n) is 5.26. The number of ether oxygens (including phenoxy) is 2. The average molecular weight is 375 g/mol. The van der Waals surface area contributed by atoms with Crippen LogP contribution in [-0.2, 0) is 14.3 Å². The van der Waals surface area contributed by atoms with Crippen LogP contribution in [0.1, 0.15) is 0 Å². The molecule has 0 saturated carbocycles. The minimum Gasteiger partial charge on any atom is -0.477 e. The number of rotatable bonds is 3. The number of aliphatic carboxylic acids is 1. The maximum atomic E-state index is 12.0. The van der Waals surface area contributed by atoms with Gasteiger partial charge in [0, 0.05) is 32.4 Å². The smallest absolute Gasteiger partial charge is 0.369 e. The maximum absolute atomic E-state index is 12.0. The van der Waals surface area contributed by atoms with Gasteiger partial charge in [-0.1, -0.05) is 0 Å².